The number of carbonyl (C=O) groups excluding carboxylic acids is 2. The molecule has 168 valence electrons. The van der Waals surface area contributed by atoms with Gasteiger partial charge in [0.2, 0.25) is 0 Å². The minimum Gasteiger partial charge on any atom is -0.444 e. The van der Waals surface area contributed by atoms with E-state index < -0.39 is 17.7 Å². The van der Waals surface area contributed by atoms with Crippen LogP contribution in [0.25, 0.3) is 0 Å². The first kappa shape index (κ1) is 24.0. The molecule has 1 unspecified atom stereocenters. The minimum absolute atomic E-state index is 0.143. The Labute approximate surface area is 175 Å². The number of piperazine rings is 1. The highest BCUT2D eigenvalue weighted by molar-refractivity contribution is 5.81. The smallest absolute Gasteiger partial charge is 0.444 e. The second kappa shape index (κ2) is 9.68. The zero-order valence-corrected chi connectivity index (χ0v) is 17.9. The molecule has 2 amide bonds. The van der Waals surface area contributed by atoms with Crippen LogP contribution in [0.4, 0.5) is 18.0 Å². The van der Waals surface area contributed by atoms with Gasteiger partial charge in [-0.25, -0.2) is 4.79 Å². The molecule has 1 aliphatic heterocycles. The number of halogens is 3. The van der Waals surface area contributed by atoms with Crippen LogP contribution in [0.5, 0.6) is 0 Å². The van der Waals surface area contributed by atoms with Crippen molar-refractivity contribution in [3.63, 3.8) is 0 Å². The van der Waals surface area contributed by atoms with Crippen LogP contribution in [0.15, 0.2) is 24.3 Å². The van der Waals surface area contributed by atoms with Crippen LogP contribution in [0.1, 0.15) is 51.3 Å². The predicted octanol–water partition coefficient (Wildman–Crippen LogP) is 3.87. The van der Waals surface area contributed by atoms with E-state index in [9.17, 15) is 22.8 Å². The van der Waals surface area contributed by atoms with Crippen LogP contribution in [0.2, 0.25) is 0 Å². The molecule has 0 saturated carbocycles. The summed E-state index contributed by atoms with van der Waals surface area (Å²) in [4.78, 5) is 27.2. The highest BCUT2D eigenvalue weighted by Crippen LogP contribution is 2.26. The highest BCUT2D eigenvalue weighted by atomic mass is 19.4. The maximum atomic E-state index is 12.3. The molecule has 0 aromatic heterocycles. The van der Waals surface area contributed by atoms with Crippen molar-refractivity contribution < 1.29 is 27.5 Å². The number of carbonyl (C=O) groups is 2. The molecule has 6 nitrogen and oxygen atoms in total. The van der Waals surface area contributed by atoms with Crippen molar-refractivity contribution in [2.75, 3.05) is 26.2 Å². The minimum atomic E-state index is -4.88. The van der Waals surface area contributed by atoms with Crippen LogP contribution in [-0.2, 0) is 16.1 Å². The summed E-state index contributed by atoms with van der Waals surface area (Å²) < 4.78 is 42.3. The van der Waals surface area contributed by atoms with Crippen LogP contribution in [-0.4, -0.2) is 59.8 Å². The van der Waals surface area contributed by atoms with Crippen LogP contribution >= 0.6 is 0 Å². The molecule has 30 heavy (non-hydrogen) atoms. The Bertz CT molecular complexity index is 722. The van der Waals surface area contributed by atoms with Gasteiger partial charge in [-0.1, -0.05) is 31.2 Å². The Balaban J connectivity index is 1.92. The van der Waals surface area contributed by atoms with Crippen molar-refractivity contribution in [3.05, 3.63) is 35.4 Å². The highest BCUT2D eigenvalue weighted by Gasteiger charge is 2.38. The molecule has 1 heterocycles. The zero-order chi connectivity index (χ0) is 22.5. The standard InChI is InChI=1S/C21H30F3N3O3/c1-5-17(26-10-12-27(13-11-26)19(29)30-20(2,3)4)16-8-6-15(7-9-16)14-25-18(28)21(22,23)24/h6-9,17H,5,10-14H2,1-4H3,(H,25,28). The summed E-state index contributed by atoms with van der Waals surface area (Å²) in [5.41, 5.74) is 1.12. The molecular weight excluding hydrogens is 399 g/mol. The summed E-state index contributed by atoms with van der Waals surface area (Å²) in [5, 5.41) is 1.87. The maximum absolute atomic E-state index is 12.3. The lowest BCUT2D eigenvalue weighted by atomic mass is 10.0. The van der Waals surface area contributed by atoms with Crippen molar-refractivity contribution >= 4 is 12.0 Å². The summed E-state index contributed by atoms with van der Waals surface area (Å²) in [6, 6.07) is 7.36. The van der Waals surface area contributed by atoms with Gasteiger partial charge in [0, 0.05) is 38.8 Å². The van der Waals surface area contributed by atoms with Crippen LogP contribution < -0.4 is 5.32 Å². The lowest BCUT2D eigenvalue weighted by Crippen LogP contribution is -2.50. The monoisotopic (exact) mass is 429 g/mol. The number of ether oxygens (including phenoxy) is 1. The van der Waals surface area contributed by atoms with Crippen molar-refractivity contribution in [2.24, 2.45) is 0 Å². The van der Waals surface area contributed by atoms with Gasteiger partial charge in [0.05, 0.1) is 0 Å². The maximum Gasteiger partial charge on any atom is 0.471 e. The Kier molecular flexibility index (Phi) is 7.74. The quantitative estimate of drug-likeness (QED) is 0.772. The van der Waals surface area contributed by atoms with Gasteiger partial charge < -0.3 is 15.0 Å². The molecule has 1 saturated heterocycles. The number of amides is 2. The topological polar surface area (TPSA) is 61.9 Å². The predicted molar refractivity (Wildman–Crippen MR) is 107 cm³/mol. The number of hydrogen-bond donors (Lipinski definition) is 1. The molecule has 1 aromatic rings. The number of rotatable bonds is 5. The van der Waals surface area contributed by atoms with E-state index in [1.807, 2.05) is 38.2 Å². The van der Waals surface area contributed by atoms with Crippen LogP contribution in [0, 0.1) is 0 Å². The SMILES string of the molecule is CCC(c1ccc(CNC(=O)C(F)(F)F)cc1)N1CCN(C(=O)OC(C)(C)C)CC1. The lowest BCUT2D eigenvalue weighted by molar-refractivity contribution is -0.173. The van der Waals surface area contributed by atoms with E-state index in [-0.39, 0.29) is 18.7 Å². The molecule has 0 spiro atoms. The van der Waals surface area contributed by atoms with E-state index in [2.05, 4.69) is 11.8 Å². The molecule has 1 fully saturated rings. The fourth-order valence-electron chi connectivity index (χ4n) is 3.39. The molecule has 1 aliphatic rings. The lowest BCUT2D eigenvalue weighted by Gasteiger charge is -2.39. The molecule has 1 atom stereocenters. The average molecular weight is 429 g/mol. The van der Waals surface area contributed by atoms with Crippen molar-refractivity contribution in [3.8, 4) is 0 Å². The molecule has 1 aromatic carbocycles. The third kappa shape index (κ3) is 6.90. The van der Waals surface area contributed by atoms with Gasteiger partial charge in [0.25, 0.3) is 0 Å². The molecule has 1 N–H and O–H groups in total. The summed E-state index contributed by atoms with van der Waals surface area (Å²) in [5.74, 6) is -1.94. The Morgan fingerprint density at radius 2 is 1.63 bits per heavy atom. The average Bonchev–Trinajstić information content (AvgIpc) is 2.66. The number of hydrogen-bond acceptors (Lipinski definition) is 4. The largest absolute Gasteiger partial charge is 0.471 e. The van der Waals surface area contributed by atoms with E-state index in [0.29, 0.717) is 31.7 Å². The number of nitrogens with zero attached hydrogens (tertiary/aromatic N) is 2. The first-order valence-electron chi connectivity index (χ1n) is 10.1. The van der Waals surface area contributed by atoms with E-state index in [4.69, 9.17) is 4.74 Å². The fraction of sp³-hybridized carbons (Fsp3) is 0.619. The first-order chi connectivity index (χ1) is 13.9. The van der Waals surface area contributed by atoms with E-state index in [1.165, 1.54) is 0 Å². The van der Waals surface area contributed by atoms with E-state index >= 15 is 0 Å². The fourth-order valence-corrected chi connectivity index (χ4v) is 3.39. The summed E-state index contributed by atoms with van der Waals surface area (Å²) in [6.07, 6.45) is -4.33. The summed E-state index contributed by atoms with van der Waals surface area (Å²) in [6.45, 7) is 9.99. The third-order valence-electron chi connectivity index (χ3n) is 4.87. The Hall–Kier alpha value is -2.29. The molecule has 0 radical (unpaired) electrons. The van der Waals surface area contributed by atoms with Crippen molar-refractivity contribution in [1.29, 1.82) is 0 Å². The Morgan fingerprint density at radius 3 is 2.10 bits per heavy atom. The number of benzene rings is 1. The summed E-state index contributed by atoms with van der Waals surface area (Å²) >= 11 is 0. The number of nitrogens with one attached hydrogen (secondary N) is 1. The van der Waals surface area contributed by atoms with Gasteiger partial charge in [-0.05, 0) is 38.3 Å². The molecular formula is C21H30F3N3O3. The van der Waals surface area contributed by atoms with Gasteiger partial charge in [0.1, 0.15) is 5.60 Å². The van der Waals surface area contributed by atoms with E-state index in [0.717, 1.165) is 12.0 Å². The molecule has 9 heteroatoms. The van der Waals surface area contributed by atoms with Gasteiger partial charge in [-0.15, -0.1) is 0 Å². The summed E-state index contributed by atoms with van der Waals surface area (Å²) in [7, 11) is 0. The number of alkyl halides is 3. The second-order valence-corrected chi connectivity index (χ2v) is 8.35. The van der Waals surface area contributed by atoms with E-state index in [1.54, 1.807) is 17.0 Å². The zero-order valence-electron chi connectivity index (χ0n) is 17.9. The molecule has 0 aliphatic carbocycles. The van der Waals surface area contributed by atoms with Gasteiger partial charge in [0.15, 0.2) is 0 Å². The Morgan fingerprint density at radius 1 is 1.07 bits per heavy atom. The van der Waals surface area contributed by atoms with Gasteiger partial charge in [-0.3, -0.25) is 9.69 Å². The first-order valence-corrected chi connectivity index (χ1v) is 10.1. The molecule has 2 rings (SSSR count). The van der Waals surface area contributed by atoms with Crippen molar-refractivity contribution in [1.82, 2.24) is 15.1 Å². The molecule has 0 bridgehead atoms. The van der Waals surface area contributed by atoms with Gasteiger partial charge in [-0.2, -0.15) is 13.2 Å². The van der Waals surface area contributed by atoms with Gasteiger partial charge >= 0.3 is 18.2 Å². The normalized spacial score (nSPS) is 16.8. The third-order valence-corrected chi connectivity index (χ3v) is 4.87. The van der Waals surface area contributed by atoms with Crippen molar-refractivity contribution in [2.45, 2.75) is 58.5 Å². The second-order valence-electron chi connectivity index (χ2n) is 8.35. The van der Waals surface area contributed by atoms with Crippen LogP contribution in [0.3, 0.4) is 0 Å².